The summed E-state index contributed by atoms with van der Waals surface area (Å²) in [5, 5.41) is 9.91. The molecule has 1 N–H and O–H groups in total. The molecule has 1 fully saturated rings. The molecule has 1 atom stereocenters. The minimum Gasteiger partial charge on any atom is -0.392 e. The molecule has 1 aliphatic rings. The lowest BCUT2D eigenvalue weighted by Gasteiger charge is -2.41. The number of benzene rings is 1. The van der Waals surface area contributed by atoms with Gasteiger partial charge in [0, 0.05) is 24.1 Å². The summed E-state index contributed by atoms with van der Waals surface area (Å²) in [6.07, 6.45) is 0.337. The first-order valence-corrected chi connectivity index (χ1v) is 6.44. The van der Waals surface area contributed by atoms with Crippen molar-refractivity contribution in [3.05, 3.63) is 35.4 Å². The van der Waals surface area contributed by atoms with E-state index < -0.39 is 0 Å². The van der Waals surface area contributed by atoms with Crippen molar-refractivity contribution < 1.29 is 9.90 Å². The Bertz CT molecular complexity index is 436. The number of nitrogens with zero attached hydrogens (tertiary/aromatic N) is 1. The molecule has 0 radical (unpaired) electrons. The van der Waals surface area contributed by atoms with Crippen molar-refractivity contribution in [3.63, 3.8) is 0 Å². The number of aliphatic hydroxyl groups is 1. The summed E-state index contributed by atoms with van der Waals surface area (Å²) < 4.78 is 0. The van der Waals surface area contributed by atoms with E-state index in [2.05, 4.69) is 0 Å². The van der Waals surface area contributed by atoms with Crippen LogP contribution in [0.25, 0.3) is 0 Å². The molecule has 0 bridgehead atoms. The quantitative estimate of drug-likeness (QED) is 0.826. The Labute approximate surface area is 108 Å². The molecule has 2 rings (SSSR count). The number of likely N-dealkylation sites (tertiary alicyclic amines) is 1. The van der Waals surface area contributed by atoms with Gasteiger partial charge in [-0.15, -0.1) is 0 Å². The monoisotopic (exact) mass is 247 g/mol. The zero-order valence-electron chi connectivity index (χ0n) is 11.3. The molecule has 1 unspecified atom stereocenters. The van der Waals surface area contributed by atoms with Crippen LogP contribution in [0.15, 0.2) is 24.3 Å². The molecule has 0 aromatic heterocycles. The van der Waals surface area contributed by atoms with Gasteiger partial charge >= 0.3 is 0 Å². The molecular weight excluding hydrogens is 226 g/mol. The molecule has 98 valence electrons. The van der Waals surface area contributed by atoms with Gasteiger partial charge in [0.1, 0.15) is 0 Å². The van der Waals surface area contributed by atoms with E-state index in [1.165, 1.54) is 0 Å². The third-order valence-electron chi connectivity index (χ3n) is 3.76. The van der Waals surface area contributed by atoms with Crippen LogP contribution in [-0.4, -0.2) is 35.1 Å². The van der Waals surface area contributed by atoms with Crippen LogP contribution in [0.4, 0.5) is 0 Å². The lowest BCUT2D eigenvalue weighted by Crippen LogP contribution is -2.50. The molecule has 0 aliphatic carbocycles. The number of hydrogen-bond acceptors (Lipinski definition) is 2. The van der Waals surface area contributed by atoms with Gasteiger partial charge in [-0.1, -0.05) is 31.5 Å². The van der Waals surface area contributed by atoms with Crippen molar-refractivity contribution in [2.75, 3.05) is 13.1 Å². The summed E-state index contributed by atoms with van der Waals surface area (Å²) in [6.45, 7) is 7.27. The first-order valence-electron chi connectivity index (χ1n) is 6.44. The standard InChI is InChI=1S/C15H21NO2/c1-11-4-6-12(7-5-11)14(18)16-9-8-13(17)15(2,3)10-16/h4-7,13,17H,8-10H2,1-3H3. The SMILES string of the molecule is Cc1ccc(C(=O)N2CCC(O)C(C)(C)C2)cc1. The van der Waals surface area contributed by atoms with Crippen molar-refractivity contribution in [3.8, 4) is 0 Å². The molecule has 1 heterocycles. The number of carbonyl (C=O) groups excluding carboxylic acids is 1. The molecule has 0 spiro atoms. The van der Waals surface area contributed by atoms with Crippen LogP contribution in [0.3, 0.4) is 0 Å². The van der Waals surface area contributed by atoms with Gasteiger partial charge in [0.05, 0.1) is 6.10 Å². The van der Waals surface area contributed by atoms with Gasteiger partial charge in [0.2, 0.25) is 0 Å². The summed E-state index contributed by atoms with van der Waals surface area (Å²) in [4.78, 5) is 14.2. The minimum absolute atomic E-state index is 0.0648. The van der Waals surface area contributed by atoms with E-state index in [0.717, 1.165) is 11.1 Å². The van der Waals surface area contributed by atoms with E-state index in [0.29, 0.717) is 19.5 Å². The maximum absolute atomic E-state index is 12.3. The first kappa shape index (κ1) is 13.1. The largest absolute Gasteiger partial charge is 0.392 e. The van der Waals surface area contributed by atoms with Crippen LogP contribution >= 0.6 is 0 Å². The maximum Gasteiger partial charge on any atom is 0.253 e. The Balaban J connectivity index is 2.13. The molecule has 1 aromatic rings. The fraction of sp³-hybridized carbons (Fsp3) is 0.533. The zero-order chi connectivity index (χ0) is 13.3. The zero-order valence-corrected chi connectivity index (χ0v) is 11.3. The fourth-order valence-electron chi connectivity index (χ4n) is 2.40. The summed E-state index contributed by atoms with van der Waals surface area (Å²) >= 11 is 0. The van der Waals surface area contributed by atoms with Crippen LogP contribution < -0.4 is 0 Å². The van der Waals surface area contributed by atoms with Crippen LogP contribution in [0.1, 0.15) is 36.2 Å². The van der Waals surface area contributed by atoms with Gasteiger partial charge < -0.3 is 10.0 Å². The summed E-state index contributed by atoms with van der Waals surface area (Å²) in [7, 11) is 0. The fourth-order valence-corrected chi connectivity index (χ4v) is 2.40. The van der Waals surface area contributed by atoms with Gasteiger partial charge in [-0.25, -0.2) is 0 Å². The van der Waals surface area contributed by atoms with E-state index in [-0.39, 0.29) is 17.4 Å². The second kappa shape index (κ2) is 4.73. The van der Waals surface area contributed by atoms with Crippen molar-refractivity contribution in [2.45, 2.75) is 33.3 Å². The van der Waals surface area contributed by atoms with E-state index in [9.17, 15) is 9.90 Å². The predicted octanol–water partition coefficient (Wildman–Crippen LogP) is 2.23. The van der Waals surface area contributed by atoms with Gasteiger partial charge in [-0.2, -0.15) is 0 Å². The topological polar surface area (TPSA) is 40.5 Å². The Kier molecular flexibility index (Phi) is 3.44. The number of aryl methyl sites for hydroxylation is 1. The molecule has 3 nitrogen and oxygen atoms in total. The number of amides is 1. The van der Waals surface area contributed by atoms with Gasteiger partial charge in [-0.3, -0.25) is 4.79 Å². The Morgan fingerprint density at radius 1 is 1.33 bits per heavy atom. The summed E-state index contributed by atoms with van der Waals surface area (Å²) in [6, 6.07) is 7.65. The van der Waals surface area contributed by atoms with Crippen LogP contribution in [0, 0.1) is 12.3 Å². The average molecular weight is 247 g/mol. The molecule has 0 saturated carbocycles. The summed E-state index contributed by atoms with van der Waals surface area (Å²) in [5.74, 6) is 0.0648. The Morgan fingerprint density at radius 3 is 2.50 bits per heavy atom. The molecular formula is C15H21NO2. The molecule has 1 amide bonds. The molecule has 18 heavy (non-hydrogen) atoms. The van der Waals surface area contributed by atoms with Gasteiger partial charge in [-0.05, 0) is 25.5 Å². The van der Waals surface area contributed by atoms with E-state index in [1.807, 2.05) is 49.9 Å². The predicted molar refractivity (Wildman–Crippen MR) is 71.5 cm³/mol. The molecule has 3 heteroatoms. The normalized spacial score (nSPS) is 22.9. The molecule has 1 aromatic carbocycles. The van der Waals surface area contributed by atoms with Crippen LogP contribution in [0.2, 0.25) is 0 Å². The van der Waals surface area contributed by atoms with Crippen molar-refractivity contribution in [1.82, 2.24) is 4.90 Å². The smallest absolute Gasteiger partial charge is 0.253 e. The second-order valence-electron chi connectivity index (χ2n) is 5.89. The van der Waals surface area contributed by atoms with Crippen molar-refractivity contribution in [1.29, 1.82) is 0 Å². The van der Waals surface area contributed by atoms with Gasteiger partial charge in [0.25, 0.3) is 5.91 Å². The van der Waals surface area contributed by atoms with Crippen LogP contribution in [-0.2, 0) is 0 Å². The number of piperidine rings is 1. The lowest BCUT2D eigenvalue weighted by molar-refractivity contribution is -0.0182. The molecule has 1 aliphatic heterocycles. The minimum atomic E-state index is -0.320. The maximum atomic E-state index is 12.3. The first-order chi connectivity index (χ1) is 8.40. The highest BCUT2D eigenvalue weighted by Gasteiger charge is 2.36. The number of carbonyl (C=O) groups is 1. The highest BCUT2D eigenvalue weighted by molar-refractivity contribution is 5.94. The van der Waals surface area contributed by atoms with Crippen molar-refractivity contribution >= 4 is 5.91 Å². The Hall–Kier alpha value is -1.35. The van der Waals surface area contributed by atoms with Crippen LogP contribution in [0.5, 0.6) is 0 Å². The second-order valence-corrected chi connectivity index (χ2v) is 5.89. The van der Waals surface area contributed by atoms with E-state index in [4.69, 9.17) is 0 Å². The highest BCUT2D eigenvalue weighted by atomic mass is 16.3. The third-order valence-corrected chi connectivity index (χ3v) is 3.76. The van der Waals surface area contributed by atoms with E-state index >= 15 is 0 Å². The summed E-state index contributed by atoms with van der Waals surface area (Å²) in [5.41, 5.74) is 1.66. The van der Waals surface area contributed by atoms with Gasteiger partial charge in [0.15, 0.2) is 0 Å². The van der Waals surface area contributed by atoms with Crippen molar-refractivity contribution in [2.24, 2.45) is 5.41 Å². The number of aliphatic hydroxyl groups excluding tert-OH is 1. The van der Waals surface area contributed by atoms with E-state index in [1.54, 1.807) is 0 Å². The number of hydrogen-bond donors (Lipinski definition) is 1. The Morgan fingerprint density at radius 2 is 1.94 bits per heavy atom. The lowest BCUT2D eigenvalue weighted by atomic mass is 9.81. The highest BCUT2D eigenvalue weighted by Crippen LogP contribution is 2.29. The average Bonchev–Trinajstić information content (AvgIpc) is 2.33. The third kappa shape index (κ3) is 2.56. The number of rotatable bonds is 1. The molecule has 1 saturated heterocycles.